The molecule has 0 unspecified atom stereocenters. The second-order valence-corrected chi connectivity index (χ2v) is 11.1. The number of aryl methyl sites for hydroxylation is 1. The van der Waals surface area contributed by atoms with E-state index in [0.29, 0.717) is 50.0 Å². The van der Waals surface area contributed by atoms with Crippen LogP contribution in [0.1, 0.15) is 29.3 Å². The first-order chi connectivity index (χ1) is 19.1. The summed E-state index contributed by atoms with van der Waals surface area (Å²) in [6.07, 6.45) is -0.329. The van der Waals surface area contributed by atoms with Gasteiger partial charge in [-0.1, -0.05) is 11.3 Å². The Hall–Kier alpha value is -3.42. The monoisotopic (exact) mass is 576 g/mol. The maximum Gasteiger partial charge on any atom is 0.264 e. The van der Waals surface area contributed by atoms with E-state index < -0.39 is 29.3 Å². The molecule has 0 aliphatic carbocycles. The van der Waals surface area contributed by atoms with Crippen LogP contribution in [0.25, 0.3) is 10.4 Å². The van der Waals surface area contributed by atoms with Crippen LogP contribution in [-0.2, 0) is 11.8 Å². The van der Waals surface area contributed by atoms with Crippen LogP contribution in [0.3, 0.4) is 0 Å². The lowest BCUT2D eigenvalue weighted by Crippen LogP contribution is -2.50. The zero-order valence-corrected chi connectivity index (χ0v) is 23.3. The lowest BCUT2D eigenvalue weighted by molar-refractivity contribution is 0.101. The summed E-state index contributed by atoms with van der Waals surface area (Å²) in [6, 6.07) is 3.85. The molecule has 0 bridgehead atoms. The smallest absolute Gasteiger partial charge is 0.264 e. The maximum atomic E-state index is 15.7. The third-order valence-electron chi connectivity index (χ3n) is 7.41. The second-order valence-electron chi connectivity index (χ2n) is 10.1. The summed E-state index contributed by atoms with van der Waals surface area (Å²) in [6.45, 7) is 6.50. The number of anilines is 3. The Labute approximate surface area is 233 Å². The number of nitrogens with zero attached hydrogens (tertiary/aromatic N) is 5. The van der Waals surface area contributed by atoms with Crippen molar-refractivity contribution in [3.63, 3.8) is 0 Å². The molecule has 1 aromatic carbocycles. The number of piperazine rings is 1. The van der Waals surface area contributed by atoms with Crippen molar-refractivity contribution >= 4 is 33.8 Å². The van der Waals surface area contributed by atoms with Crippen LogP contribution >= 0.6 is 11.3 Å². The van der Waals surface area contributed by atoms with E-state index in [9.17, 15) is 18.4 Å². The lowest BCUT2D eigenvalue weighted by Gasteiger charge is -2.39. The van der Waals surface area contributed by atoms with Crippen LogP contribution in [0.2, 0.25) is 0 Å². The zero-order chi connectivity index (χ0) is 28.6. The number of thiazole rings is 1. The fraction of sp³-hybridized carbons (Fsp3) is 0.444. The molecule has 13 heteroatoms. The summed E-state index contributed by atoms with van der Waals surface area (Å²) < 4.78 is 49.7. The normalized spacial score (nSPS) is 18.4. The van der Waals surface area contributed by atoms with Gasteiger partial charge in [0.15, 0.2) is 5.13 Å². The topological polar surface area (TPSA) is 82.9 Å². The molecule has 9 nitrogen and oxygen atoms in total. The lowest BCUT2D eigenvalue weighted by atomic mass is 10.1. The van der Waals surface area contributed by atoms with E-state index in [4.69, 9.17) is 4.74 Å². The van der Waals surface area contributed by atoms with Gasteiger partial charge in [-0.3, -0.25) is 9.59 Å². The van der Waals surface area contributed by atoms with Crippen LogP contribution in [0.4, 0.5) is 29.7 Å². The van der Waals surface area contributed by atoms with E-state index in [1.807, 2.05) is 11.9 Å². The fourth-order valence-electron chi connectivity index (χ4n) is 4.88. The van der Waals surface area contributed by atoms with Crippen molar-refractivity contribution in [2.45, 2.75) is 19.4 Å². The largest absolute Gasteiger partial charge is 0.378 e. The summed E-state index contributed by atoms with van der Waals surface area (Å²) in [5, 5.41) is 3.49. The fourth-order valence-corrected chi connectivity index (χ4v) is 5.86. The molecule has 5 rings (SSSR count). The van der Waals surface area contributed by atoms with Crippen LogP contribution in [0, 0.1) is 5.82 Å². The number of carbonyl (C=O) groups is 1. The number of amides is 1. The van der Waals surface area contributed by atoms with Crippen molar-refractivity contribution in [1.29, 1.82) is 0 Å². The minimum Gasteiger partial charge on any atom is -0.378 e. The molecule has 2 aliphatic rings. The van der Waals surface area contributed by atoms with Crippen LogP contribution in [0.15, 0.2) is 35.4 Å². The summed E-state index contributed by atoms with van der Waals surface area (Å²) in [4.78, 5) is 36.7. The Morgan fingerprint density at radius 2 is 1.88 bits per heavy atom. The van der Waals surface area contributed by atoms with Crippen molar-refractivity contribution in [2.75, 3.05) is 68.1 Å². The quantitative estimate of drug-likeness (QED) is 0.478. The van der Waals surface area contributed by atoms with Crippen LogP contribution in [-0.4, -0.2) is 79.4 Å². The summed E-state index contributed by atoms with van der Waals surface area (Å²) in [5.74, 6) is -1.29. The number of alkyl halides is 2. The van der Waals surface area contributed by atoms with Crippen molar-refractivity contribution in [1.82, 2.24) is 14.5 Å². The van der Waals surface area contributed by atoms with Gasteiger partial charge in [0.05, 0.1) is 35.0 Å². The first-order valence-corrected chi connectivity index (χ1v) is 13.8. The Morgan fingerprint density at radius 3 is 2.58 bits per heavy atom. The van der Waals surface area contributed by atoms with E-state index in [1.54, 1.807) is 6.20 Å². The van der Waals surface area contributed by atoms with E-state index in [0.717, 1.165) is 28.5 Å². The molecule has 2 aromatic heterocycles. The number of benzene rings is 1. The molecular weight excluding hydrogens is 545 g/mol. The molecule has 2 saturated heterocycles. The molecule has 4 heterocycles. The number of hydrogen-bond acceptors (Lipinski definition) is 8. The van der Waals surface area contributed by atoms with Gasteiger partial charge in [0.2, 0.25) is 0 Å². The number of halogens is 3. The van der Waals surface area contributed by atoms with Gasteiger partial charge < -0.3 is 29.3 Å². The number of ether oxygens (including phenoxy) is 1. The van der Waals surface area contributed by atoms with Crippen molar-refractivity contribution < 1.29 is 22.7 Å². The van der Waals surface area contributed by atoms with Crippen molar-refractivity contribution in [3.05, 3.63) is 57.9 Å². The molecule has 2 aliphatic heterocycles. The standard InChI is InChI=1S/C27H31F3N6O3S/c1-16-14-36(5-4-33(16)2)22-12-20(28)18(23-13-31-27(40-23)35-6-8-39-9-7-35)10-21(22)32-26(38)19-15-34(3)24(37)11-17(19)25(29)30/h10-13,15-16,25H,4-9,14H2,1-3H3,(H,32,38)/t16-/m1/s1. The van der Waals surface area contributed by atoms with Crippen molar-refractivity contribution in [2.24, 2.45) is 7.05 Å². The number of nitrogens with one attached hydrogen (secondary N) is 1. The van der Waals surface area contributed by atoms with Crippen LogP contribution in [0.5, 0.6) is 0 Å². The Balaban J connectivity index is 1.54. The minimum atomic E-state index is -3.02. The number of pyridine rings is 1. The molecule has 2 fully saturated rings. The van der Waals surface area contributed by atoms with Gasteiger partial charge in [-0.05, 0) is 26.1 Å². The highest BCUT2D eigenvalue weighted by Crippen LogP contribution is 2.39. The van der Waals surface area contributed by atoms with Gasteiger partial charge in [0.25, 0.3) is 17.9 Å². The zero-order valence-electron chi connectivity index (χ0n) is 22.5. The molecule has 0 saturated carbocycles. The van der Waals surface area contributed by atoms with Gasteiger partial charge in [0.1, 0.15) is 5.82 Å². The average molecular weight is 577 g/mol. The van der Waals surface area contributed by atoms with Crippen molar-refractivity contribution in [3.8, 4) is 10.4 Å². The molecule has 1 N–H and O–H groups in total. The number of hydrogen-bond donors (Lipinski definition) is 1. The molecule has 0 spiro atoms. The second kappa shape index (κ2) is 11.6. The molecule has 1 atom stereocenters. The van der Waals surface area contributed by atoms with Gasteiger partial charge >= 0.3 is 0 Å². The SMILES string of the molecule is C[C@@H]1CN(c2cc(F)c(-c3cnc(N4CCOCC4)s3)cc2NC(=O)c2cn(C)c(=O)cc2C(F)F)CCN1C. The van der Waals surface area contributed by atoms with E-state index in [1.165, 1.54) is 30.5 Å². The minimum absolute atomic E-state index is 0.173. The number of rotatable bonds is 6. The highest BCUT2D eigenvalue weighted by molar-refractivity contribution is 7.18. The summed E-state index contributed by atoms with van der Waals surface area (Å²) >= 11 is 1.33. The van der Waals surface area contributed by atoms with Crippen LogP contribution < -0.4 is 20.7 Å². The number of aromatic nitrogens is 2. The number of likely N-dealkylation sites (N-methyl/N-ethyl adjacent to an activating group) is 1. The van der Waals surface area contributed by atoms with E-state index in [-0.39, 0.29) is 22.9 Å². The molecule has 214 valence electrons. The highest BCUT2D eigenvalue weighted by Gasteiger charge is 2.27. The molecule has 40 heavy (non-hydrogen) atoms. The van der Waals surface area contributed by atoms with Gasteiger partial charge in [-0.2, -0.15) is 0 Å². The van der Waals surface area contributed by atoms with E-state index >= 15 is 4.39 Å². The Morgan fingerprint density at radius 1 is 1.12 bits per heavy atom. The first-order valence-electron chi connectivity index (χ1n) is 13.0. The van der Waals surface area contributed by atoms with Gasteiger partial charge in [-0.25, -0.2) is 18.2 Å². The predicted octanol–water partition coefficient (Wildman–Crippen LogP) is 3.81. The molecule has 3 aromatic rings. The Bertz CT molecular complexity index is 1460. The average Bonchev–Trinajstić information content (AvgIpc) is 3.43. The van der Waals surface area contributed by atoms with Gasteiger partial charge in [-0.15, -0.1) is 0 Å². The third kappa shape index (κ3) is 5.72. The third-order valence-corrected chi connectivity index (χ3v) is 8.51. The number of morpholine rings is 1. The van der Waals surface area contributed by atoms with Gasteiger partial charge in [0, 0.05) is 75.4 Å². The molecular formula is C27H31F3N6O3S. The maximum absolute atomic E-state index is 15.7. The molecule has 1 amide bonds. The first kappa shape index (κ1) is 28.1. The van der Waals surface area contributed by atoms with E-state index in [2.05, 4.69) is 27.0 Å². The molecule has 0 radical (unpaired) electrons. The highest BCUT2D eigenvalue weighted by atomic mass is 32.1. The Kier molecular flexibility index (Phi) is 8.15. The summed E-state index contributed by atoms with van der Waals surface area (Å²) in [5.41, 5.74) is -0.648. The predicted molar refractivity (Wildman–Crippen MR) is 149 cm³/mol. The number of carbonyl (C=O) groups excluding carboxylic acids is 1. The summed E-state index contributed by atoms with van der Waals surface area (Å²) in [7, 11) is 3.40.